The summed E-state index contributed by atoms with van der Waals surface area (Å²) in [6.07, 6.45) is 3.58. The summed E-state index contributed by atoms with van der Waals surface area (Å²) in [6, 6.07) is 5.18. The van der Waals surface area contributed by atoms with Crippen molar-refractivity contribution < 1.29 is 13.2 Å². The summed E-state index contributed by atoms with van der Waals surface area (Å²) in [5.41, 5.74) is 0.632. The molecule has 2 unspecified atom stereocenters. The predicted octanol–water partition coefficient (Wildman–Crippen LogP) is 2.98. The minimum atomic E-state index is -3.49. The lowest BCUT2D eigenvalue weighted by Gasteiger charge is -2.37. The highest BCUT2D eigenvalue weighted by Gasteiger charge is 2.47. The van der Waals surface area contributed by atoms with Crippen LogP contribution >= 0.6 is 11.6 Å². The van der Waals surface area contributed by atoms with Crippen LogP contribution in [-0.2, 0) is 14.8 Å². The van der Waals surface area contributed by atoms with Crippen molar-refractivity contribution >= 4 is 21.6 Å². The molecule has 2 bridgehead atoms. The molecule has 0 aliphatic carbocycles. The number of ether oxygens (including phenoxy) is 1. The van der Waals surface area contributed by atoms with Crippen LogP contribution in [0.5, 0.6) is 0 Å². The highest BCUT2D eigenvalue weighted by Crippen LogP contribution is 2.41. The Labute approximate surface area is 131 Å². The maximum absolute atomic E-state index is 13.0. The Morgan fingerprint density at radius 3 is 2.43 bits per heavy atom. The molecule has 116 valence electrons. The molecule has 0 saturated carbocycles. The molecule has 0 N–H and O–H groups in total. The Morgan fingerprint density at radius 2 is 1.86 bits per heavy atom. The summed E-state index contributed by atoms with van der Waals surface area (Å²) in [7, 11) is -1.79. The maximum atomic E-state index is 13.0. The molecule has 2 heterocycles. The number of methoxy groups -OCH3 is 1. The van der Waals surface area contributed by atoms with Crippen molar-refractivity contribution in [3.63, 3.8) is 0 Å². The van der Waals surface area contributed by atoms with Crippen molar-refractivity contribution in [2.75, 3.05) is 7.11 Å². The lowest BCUT2D eigenvalue weighted by Crippen LogP contribution is -2.48. The molecule has 0 amide bonds. The number of halogens is 1. The Balaban J connectivity index is 1.98. The molecule has 2 atom stereocenters. The van der Waals surface area contributed by atoms with E-state index in [-0.39, 0.29) is 18.2 Å². The largest absolute Gasteiger partial charge is 0.381 e. The van der Waals surface area contributed by atoms with Gasteiger partial charge in [-0.1, -0.05) is 17.7 Å². The van der Waals surface area contributed by atoms with Gasteiger partial charge in [-0.25, -0.2) is 8.42 Å². The van der Waals surface area contributed by atoms with Gasteiger partial charge in [0.15, 0.2) is 0 Å². The fourth-order valence-electron chi connectivity index (χ4n) is 3.65. The first kappa shape index (κ1) is 15.3. The number of rotatable bonds is 3. The van der Waals surface area contributed by atoms with E-state index in [1.807, 2.05) is 0 Å². The minimum absolute atomic E-state index is 0.0529. The summed E-state index contributed by atoms with van der Waals surface area (Å²) >= 11 is 6.09. The minimum Gasteiger partial charge on any atom is -0.381 e. The van der Waals surface area contributed by atoms with Crippen molar-refractivity contribution in [1.82, 2.24) is 4.31 Å². The number of piperidine rings is 1. The first-order valence-corrected chi connectivity index (χ1v) is 9.08. The van der Waals surface area contributed by atoms with Gasteiger partial charge in [0.25, 0.3) is 0 Å². The SMILES string of the molecule is COC1CC2CCC(C1)N2S(=O)(=O)c1cccc(Cl)c1C. The van der Waals surface area contributed by atoms with Gasteiger partial charge in [0.2, 0.25) is 10.0 Å². The van der Waals surface area contributed by atoms with Gasteiger partial charge in [0.05, 0.1) is 11.0 Å². The first-order chi connectivity index (χ1) is 9.95. The first-order valence-electron chi connectivity index (χ1n) is 7.26. The van der Waals surface area contributed by atoms with Crippen molar-refractivity contribution in [2.45, 2.75) is 55.7 Å². The summed E-state index contributed by atoms with van der Waals surface area (Å²) in [5, 5.41) is 0.496. The highest BCUT2D eigenvalue weighted by molar-refractivity contribution is 7.89. The average molecular weight is 330 g/mol. The zero-order valence-corrected chi connectivity index (χ0v) is 13.8. The van der Waals surface area contributed by atoms with E-state index in [1.54, 1.807) is 36.5 Å². The monoisotopic (exact) mass is 329 g/mol. The van der Waals surface area contributed by atoms with Crippen LogP contribution in [-0.4, -0.2) is 38.0 Å². The van der Waals surface area contributed by atoms with Crippen LogP contribution in [0.1, 0.15) is 31.2 Å². The van der Waals surface area contributed by atoms with Gasteiger partial charge in [-0.05, 0) is 50.3 Å². The van der Waals surface area contributed by atoms with Crippen LogP contribution in [0.3, 0.4) is 0 Å². The van der Waals surface area contributed by atoms with E-state index >= 15 is 0 Å². The summed E-state index contributed by atoms with van der Waals surface area (Å²) in [6.45, 7) is 1.76. The van der Waals surface area contributed by atoms with Crippen molar-refractivity contribution in [2.24, 2.45) is 0 Å². The predicted molar refractivity (Wildman–Crippen MR) is 82.1 cm³/mol. The van der Waals surface area contributed by atoms with Gasteiger partial charge in [-0.2, -0.15) is 4.31 Å². The van der Waals surface area contributed by atoms with Crippen molar-refractivity contribution in [3.8, 4) is 0 Å². The number of benzene rings is 1. The van der Waals surface area contributed by atoms with Crippen LogP contribution in [0.2, 0.25) is 5.02 Å². The molecule has 1 aromatic carbocycles. The molecular weight excluding hydrogens is 310 g/mol. The second-order valence-electron chi connectivity index (χ2n) is 5.91. The summed E-state index contributed by atoms with van der Waals surface area (Å²) in [5.74, 6) is 0. The Kier molecular flexibility index (Phi) is 4.03. The lowest BCUT2D eigenvalue weighted by molar-refractivity contribution is 0.0349. The fraction of sp³-hybridized carbons (Fsp3) is 0.600. The number of hydrogen-bond donors (Lipinski definition) is 0. The van der Waals surface area contributed by atoms with Gasteiger partial charge in [-0.3, -0.25) is 0 Å². The van der Waals surface area contributed by atoms with Crippen LogP contribution in [0, 0.1) is 6.92 Å². The fourth-order valence-corrected chi connectivity index (χ4v) is 6.02. The molecule has 0 radical (unpaired) electrons. The van der Waals surface area contributed by atoms with E-state index < -0.39 is 10.0 Å². The van der Waals surface area contributed by atoms with Crippen LogP contribution < -0.4 is 0 Å². The molecule has 2 fully saturated rings. The topological polar surface area (TPSA) is 46.6 Å². The third-order valence-electron chi connectivity index (χ3n) is 4.73. The summed E-state index contributed by atoms with van der Waals surface area (Å²) in [4.78, 5) is 0.336. The molecule has 1 aromatic rings. The van der Waals surface area contributed by atoms with E-state index in [0.29, 0.717) is 15.5 Å². The van der Waals surface area contributed by atoms with E-state index in [1.165, 1.54) is 0 Å². The highest BCUT2D eigenvalue weighted by atomic mass is 35.5. The molecule has 2 aliphatic heterocycles. The smallest absolute Gasteiger partial charge is 0.243 e. The summed E-state index contributed by atoms with van der Waals surface area (Å²) < 4.78 is 33.2. The second kappa shape index (κ2) is 5.54. The van der Waals surface area contributed by atoms with Gasteiger partial charge in [0.1, 0.15) is 0 Å². The second-order valence-corrected chi connectivity index (χ2v) is 8.13. The zero-order valence-electron chi connectivity index (χ0n) is 12.3. The molecule has 0 aromatic heterocycles. The third kappa shape index (κ3) is 2.50. The zero-order chi connectivity index (χ0) is 15.2. The Bertz CT molecular complexity index is 632. The van der Waals surface area contributed by atoms with E-state index in [4.69, 9.17) is 16.3 Å². The van der Waals surface area contributed by atoms with Crippen molar-refractivity contribution in [1.29, 1.82) is 0 Å². The Hall–Kier alpha value is -0.620. The van der Waals surface area contributed by atoms with Gasteiger partial charge >= 0.3 is 0 Å². The molecule has 21 heavy (non-hydrogen) atoms. The van der Waals surface area contributed by atoms with Crippen LogP contribution in [0.25, 0.3) is 0 Å². The van der Waals surface area contributed by atoms with Gasteiger partial charge < -0.3 is 4.74 Å². The number of nitrogens with zero attached hydrogens (tertiary/aromatic N) is 1. The van der Waals surface area contributed by atoms with Gasteiger partial charge in [0, 0.05) is 24.2 Å². The van der Waals surface area contributed by atoms with Crippen molar-refractivity contribution in [3.05, 3.63) is 28.8 Å². The van der Waals surface area contributed by atoms with Crippen LogP contribution in [0.4, 0.5) is 0 Å². The Morgan fingerprint density at radius 1 is 1.24 bits per heavy atom. The quantitative estimate of drug-likeness (QED) is 0.856. The molecule has 2 aliphatic rings. The number of hydrogen-bond acceptors (Lipinski definition) is 3. The van der Waals surface area contributed by atoms with E-state index in [9.17, 15) is 8.42 Å². The molecule has 4 nitrogen and oxygen atoms in total. The van der Waals surface area contributed by atoms with E-state index in [2.05, 4.69) is 0 Å². The number of sulfonamides is 1. The van der Waals surface area contributed by atoms with Gasteiger partial charge in [-0.15, -0.1) is 0 Å². The van der Waals surface area contributed by atoms with Crippen LogP contribution in [0.15, 0.2) is 23.1 Å². The van der Waals surface area contributed by atoms with E-state index in [0.717, 1.165) is 25.7 Å². The number of fused-ring (bicyclic) bond motifs is 2. The lowest BCUT2D eigenvalue weighted by atomic mass is 10.0. The molecule has 2 saturated heterocycles. The standard InChI is InChI=1S/C15H20ClNO3S/c1-10-14(16)4-3-5-15(10)21(18,19)17-11-6-7-12(17)9-13(8-11)20-2/h3-5,11-13H,6-9H2,1-2H3. The maximum Gasteiger partial charge on any atom is 0.243 e. The normalized spacial score (nSPS) is 29.8. The molecule has 3 rings (SSSR count). The average Bonchev–Trinajstić information content (AvgIpc) is 2.74. The molecule has 6 heteroatoms. The molecular formula is C15H20ClNO3S. The third-order valence-corrected chi connectivity index (χ3v) is 7.29. The molecule has 0 spiro atoms.